The highest BCUT2D eigenvalue weighted by atomic mass is 16.5. The number of aryl methyl sites for hydroxylation is 1. The maximum Gasteiger partial charge on any atom is 0.338 e. The van der Waals surface area contributed by atoms with E-state index in [1.807, 2.05) is 20.8 Å². The van der Waals surface area contributed by atoms with Gasteiger partial charge < -0.3 is 10.5 Å². The molecule has 2 N–H and O–H groups in total. The van der Waals surface area contributed by atoms with Crippen LogP contribution < -0.4 is 5.73 Å². The fourth-order valence-corrected chi connectivity index (χ4v) is 1.08. The molecule has 0 unspecified atom stereocenters. The van der Waals surface area contributed by atoms with E-state index in [4.69, 9.17) is 10.5 Å². The Morgan fingerprint density at radius 3 is 2.57 bits per heavy atom. The summed E-state index contributed by atoms with van der Waals surface area (Å²) in [7, 11) is 0. The van der Waals surface area contributed by atoms with Crippen LogP contribution in [0, 0.1) is 6.92 Å². The molecule has 0 saturated heterocycles. The molecule has 0 aliphatic heterocycles. The molecule has 0 fully saturated rings. The van der Waals surface area contributed by atoms with Crippen LogP contribution in [0.15, 0.2) is 18.2 Å². The van der Waals surface area contributed by atoms with E-state index < -0.39 is 0 Å². The van der Waals surface area contributed by atoms with E-state index in [-0.39, 0.29) is 12.1 Å². The average molecular weight is 193 g/mol. The van der Waals surface area contributed by atoms with Gasteiger partial charge in [-0.1, -0.05) is 0 Å². The normalized spacial score (nSPS) is 10.3. The Kier molecular flexibility index (Phi) is 3.12. The van der Waals surface area contributed by atoms with Gasteiger partial charge in [0.1, 0.15) is 0 Å². The van der Waals surface area contributed by atoms with Crippen LogP contribution >= 0.6 is 0 Å². The second-order valence-corrected chi connectivity index (χ2v) is 3.53. The molecule has 0 atom stereocenters. The number of carbonyl (C=O) groups excluding carboxylic acids is 1. The number of hydrogen-bond acceptors (Lipinski definition) is 3. The van der Waals surface area contributed by atoms with Gasteiger partial charge in [-0.3, -0.25) is 0 Å². The summed E-state index contributed by atoms with van der Waals surface area (Å²) in [5, 5.41) is 0. The van der Waals surface area contributed by atoms with Gasteiger partial charge in [-0.25, -0.2) is 4.79 Å². The fraction of sp³-hybridized carbons (Fsp3) is 0.364. The molecule has 0 bridgehead atoms. The molecular formula is C11H15NO2. The highest BCUT2D eigenvalue weighted by molar-refractivity contribution is 5.90. The van der Waals surface area contributed by atoms with Crippen LogP contribution in [0.25, 0.3) is 0 Å². The van der Waals surface area contributed by atoms with Crippen LogP contribution in [0.3, 0.4) is 0 Å². The molecule has 3 heteroatoms. The van der Waals surface area contributed by atoms with Crippen molar-refractivity contribution in [1.82, 2.24) is 0 Å². The third-order valence-electron chi connectivity index (χ3n) is 1.85. The lowest BCUT2D eigenvalue weighted by Crippen LogP contribution is -2.11. The number of esters is 1. The second kappa shape index (κ2) is 4.13. The Morgan fingerprint density at radius 1 is 1.43 bits per heavy atom. The standard InChI is InChI=1S/C11H15NO2/c1-7(2)14-11(13)9-4-5-10(12)8(3)6-9/h4-7H,12H2,1-3H3. The van der Waals surface area contributed by atoms with Gasteiger partial charge >= 0.3 is 5.97 Å². The number of nitrogens with two attached hydrogens (primary N) is 1. The summed E-state index contributed by atoms with van der Waals surface area (Å²) in [6, 6.07) is 5.12. The number of benzene rings is 1. The Balaban J connectivity index is 2.86. The molecule has 0 aliphatic rings. The van der Waals surface area contributed by atoms with Crippen LogP contribution in [-0.2, 0) is 4.74 Å². The molecule has 0 spiro atoms. The van der Waals surface area contributed by atoms with Gasteiger partial charge in [-0.05, 0) is 44.5 Å². The monoisotopic (exact) mass is 193 g/mol. The van der Waals surface area contributed by atoms with Crippen molar-refractivity contribution >= 4 is 11.7 Å². The zero-order valence-electron chi connectivity index (χ0n) is 8.70. The van der Waals surface area contributed by atoms with Crippen molar-refractivity contribution in [3.8, 4) is 0 Å². The zero-order chi connectivity index (χ0) is 10.7. The molecule has 3 nitrogen and oxygen atoms in total. The van der Waals surface area contributed by atoms with E-state index in [2.05, 4.69) is 0 Å². The zero-order valence-corrected chi connectivity index (χ0v) is 8.70. The van der Waals surface area contributed by atoms with Crippen LogP contribution in [0.1, 0.15) is 29.8 Å². The van der Waals surface area contributed by atoms with E-state index in [9.17, 15) is 4.79 Å². The fourth-order valence-electron chi connectivity index (χ4n) is 1.08. The molecule has 0 aromatic heterocycles. The van der Waals surface area contributed by atoms with Gasteiger partial charge in [0.05, 0.1) is 11.7 Å². The quantitative estimate of drug-likeness (QED) is 0.578. The van der Waals surface area contributed by atoms with Gasteiger partial charge in [0.25, 0.3) is 0 Å². The van der Waals surface area contributed by atoms with Crippen molar-refractivity contribution in [2.24, 2.45) is 0 Å². The molecule has 0 amide bonds. The summed E-state index contributed by atoms with van der Waals surface area (Å²) < 4.78 is 5.05. The summed E-state index contributed by atoms with van der Waals surface area (Å²) >= 11 is 0. The van der Waals surface area contributed by atoms with Crippen molar-refractivity contribution in [3.63, 3.8) is 0 Å². The Morgan fingerprint density at radius 2 is 2.07 bits per heavy atom. The van der Waals surface area contributed by atoms with Gasteiger partial charge in [-0.15, -0.1) is 0 Å². The van der Waals surface area contributed by atoms with Crippen molar-refractivity contribution in [2.45, 2.75) is 26.9 Å². The summed E-state index contributed by atoms with van der Waals surface area (Å²) in [4.78, 5) is 11.5. The third kappa shape index (κ3) is 2.49. The topological polar surface area (TPSA) is 52.3 Å². The predicted molar refractivity (Wildman–Crippen MR) is 56.1 cm³/mol. The van der Waals surface area contributed by atoms with Gasteiger partial charge in [0, 0.05) is 5.69 Å². The van der Waals surface area contributed by atoms with Crippen molar-refractivity contribution < 1.29 is 9.53 Å². The maximum atomic E-state index is 11.5. The summed E-state index contributed by atoms with van der Waals surface area (Å²) in [6.07, 6.45) is -0.0969. The smallest absolute Gasteiger partial charge is 0.338 e. The predicted octanol–water partition coefficient (Wildman–Crippen LogP) is 2.14. The summed E-state index contributed by atoms with van der Waals surface area (Å²) in [6.45, 7) is 5.51. The van der Waals surface area contributed by atoms with Crippen LogP contribution in [0.2, 0.25) is 0 Å². The van der Waals surface area contributed by atoms with E-state index in [1.165, 1.54) is 0 Å². The largest absolute Gasteiger partial charge is 0.459 e. The number of hydrogen-bond donors (Lipinski definition) is 1. The van der Waals surface area contributed by atoms with Crippen molar-refractivity contribution in [3.05, 3.63) is 29.3 Å². The molecule has 0 aliphatic carbocycles. The molecular weight excluding hydrogens is 178 g/mol. The van der Waals surface area contributed by atoms with Gasteiger partial charge in [-0.2, -0.15) is 0 Å². The molecule has 1 rings (SSSR count). The molecule has 0 saturated carbocycles. The highest BCUT2D eigenvalue weighted by Gasteiger charge is 2.09. The SMILES string of the molecule is Cc1cc(C(=O)OC(C)C)ccc1N. The Hall–Kier alpha value is -1.51. The number of rotatable bonds is 2. The van der Waals surface area contributed by atoms with Crippen LogP contribution in [0.4, 0.5) is 5.69 Å². The summed E-state index contributed by atoms with van der Waals surface area (Å²) in [5.74, 6) is -0.303. The minimum atomic E-state index is -0.303. The maximum absolute atomic E-state index is 11.5. The third-order valence-corrected chi connectivity index (χ3v) is 1.85. The Bertz CT molecular complexity index is 345. The van der Waals surface area contributed by atoms with E-state index in [1.54, 1.807) is 18.2 Å². The first kappa shape index (κ1) is 10.6. The number of carbonyl (C=O) groups is 1. The lowest BCUT2D eigenvalue weighted by molar-refractivity contribution is 0.0378. The van der Waals surface area contributed by atoms with Crippen molar-refractivity contribution in [2.75, 3.05) is 5.73 Å². The molecule has 0 radical (unpaired) electrons. The minimum absolute atomic E-state index is 0.0969. The first-order valence-corrected chi connectivity index (χ1v) is 4.58. The number of anilines is 1. The number of nitrogen functional groups attached to an aromatic ring is 1. The van der Waals surface area contributed by atoms with E-state index in [0.29, 0.717) is 11.3 Å². The van der Waals surface area contributed by atoms with E-state index in [0.717, 1.165) is 5.56 Å². The molecule has 14 heavy (non-hydrogen) atoms. The first-order chi connectivity index (χ1) is 6.50. The second-order valence-electron chi connectivity index (χ2n) is 3.53. The first-order valence-electron chi connectivity index (χ1n) is 4.58. The highest BCUT2D eigenvalue weighted by Crippen LogP contribution is 2.13. The van der Waals surface area contributed by atoms with Crippen LogP contribution in [-0.4, -0.2) is 12.1 Å². The molecule has 1 aromatic rings. The van der Waals surface area contributed by atoms with Gasteiger partial charge in [0.15, 0.2) is 0 Å². The molecule has 1 aromatic carbocycles. The average Bonchev–Trinajstić information content (AvgIpc) is 2.08. The Labute approximate surface area is 83.9 Å². The van der Waals surface area contributed by atoms with Crippen LogP contribution in [0.5, 0.6) is 0 Å². The lowest BCUT2D eigenvalue weighted by Gasteiger charge is -2.08. The summed E-state index contributed by atoms with van der Waals surface area (Å²) in [5.41, 5.74) is 7.76. The lowest BCUT2D eigenvalue weighted by atomic mass is 10.1. The molecule has 76 valence electrons. The number of ether oxygens (including phenoxy) is 1. The minimum Gasteiger partial charge on any atom is -0.459 e. The molecule has 0 heterocycles. The van der Waals surface area contributed by atoms with Gasteiger partial charge in [0.2, 0.25) is 0 Å². The van der Waals surface area contributed by atoms with Crippen molar-refractivity contribution in [1.29, 1.82) is 0 Å². The van der Waals surface area contributed by atoms with E-state index >= 15 is 0 Å².